The molecule has 0 aromatic rings. The number of alkyl halides is 12. The van der Waals surface area contributed by atoms with E-state index in [9.17, 15) is 57.1 Å². The van der Waals surface area contributed by atoms with Gasteiger partial charge in [-0.15, -0.1) is 0 Å². The predicted octanol–water partition coefficient (Wildman–Crippen LogP) is 4.31. The van der Waals surface area contributed by atoms with Crippen molar-refractivity contribution in [3.63, 3.8) is 0 Å². The Kier molecular flexibility index (Phi) is 3.12. The molecule has 0 aromatic carbocycles. The molecule has 119 valence electrons. The van der Waals surface area contributed by atoms with Crippen LogP contribution in [0.1, 0.15) is 0 Å². The van der Waals surface area contributed by atoms with Gasteiger partial charge in [0, 0.05) is 0 Å². The lowest BCUT2D eigenvalue weighted by Crippen LogP contribution is -2.81. The standard InChI is InChI=1S/C7F13/c8-1-2(9,10)5(14,15)4(13,7(18,19)20)6(16,17)3(1,11)12. The molecule has 0 spiro atoms. The van der Waals surface area contributed by atoms with Crippen molar-refractivity contribution in [1.82, 2.24) is 0 Å². The molecule has 0 bridgehead atoms. The third-order valence-corrected chi connectivity index (χ3v) is 2.60. The first-order valence-corrected chi connectivity index (χ1v) is 4.21. The van der Waals surface area contributed by atoms with Crippen LogP contribution in [0, 0.1) is 6.17 Å². The maximum atomic E-state index is 13.0. The van der Waals surface area contributed by atoms with Crippen molar-refractivity contribution in [3.8, 4) is 0 Å². The Hall–Kier alpha value is -0.910. The SMILES string of the molecule is F[C]1C(F)(F)C(F)(F)C(F)(C(F)(F)F)C(F)(F)C1(F)F. The molecular formula is C7F13. The van der Waals surface area contributed by atoms with Gasteiger partial charge in [0.15, 0.2) is 0 Å². The molecule has 0 aliphatic heterocycles. The quantitative estimate of drug-likeness (QED) is 0.580. The molecule has 1 saturated carbocycles. The van der Waals surface area contributed by atoms with E-state index in [2.05, 4.69) is 0 Å². The van der Waals surface area contributed by atoms with E-state index in [-0.39, 0.29) is 0 Å². The number of hydrogen-bond acceptors (Lipinski definition) is 0. The molecule has 1 aliphatic carbocycles. The van der Waals surface area contributed by atoms with Gasteiger partial charge < -0.3 is 0 Å². The molecule has 1 rings (SSSR count). The van der Waals surface area contributed by atoms with Crippen LogP contribution in [-0.4, -0.2) is 35.5 Å². The number of hydrogen-bond donors (Lipinski definition) is 0. The maximum Gasteiger partial charge on any atom is 0.435 e. The van der Waals surface area contributed by atoms with E-state index in [0.29, 0.717) is 0 Å². The summed E-state index contributed by atoms with van der Waals surface area (Å²) in [5.74, 6) is -29.2. The summed E-state index contributed by atoms with van der Waals surface area (Å²) in [5, 5.41) is 0. The van der Waals surface area contributed by atoms with Gasteiger partial charge in [0.2, 0.25) is 0 Å². The minimum absolute atomic E-state index is 4.75. The molecule has 1 fully saturated rings. The first-order chi connectivity index (χ1) is 8.40. The topological polar surface area (TPSA) is 0 Å². The fourth-order valence-electron chi connectivity index (χ4n) is 1.46. The van der Waals surface area contributed by atoms with Gasteiger partial charge in [-0.05, 0) is 0 Å². The van der Waals surface area contributed by atoms with Crippen molar-refractivity contribution in [3.05, 3.63) is 6.17 Å². The first kappa shape index (κ1) is 17.1. The molecule has 20 heavy (non-hydrogen) atoms. The van der Waals surface area contributed by atoms with Gasteiger partial charge in [-0.1, -0.05) is 0 Å². The fourth-order valence-corrected chi connectivity index (χ4v) is 1.46. The summed E-state index contributed by atoms with van der Waals surface area (Å²) in [6.07, 6.45) is -12.3. The highest BCUT2D eigenvalue weighted by Crippen LogP contribution is 2.70. The van der Waals surface area contributed by atoms with E-state index in [0.717, 1.165) is 0 Å². The van der Waals surface area contributed by atoms with Crippen LogP contribution in [0.4, 0.5) is 57.1 Å². The van der Waals surface area contributed by atoms with Gasteiger partial charge in [-0.25, -0.2) is 8.78 Å². The van der Waals surface area contributed by atoms with Crippen molar-refractivity contribution < 1.29 is 57.1 Å². The Bertz CT molecular complexity index is 375. The average Bonchev–Trinajstić information content (AvgIpc) is 2.22. The number of halogens is 13. The lowest BCUT2D eigenvalue weighted by molar-refractivity contribution is -0.460. The fraction of sp³-hybridized carbons (Fsp3) is 0.857. The normalized spacial score (nSPS) is 31.1. The van der Waals surface area contributed by atoms with E-state index < -0.39 is 41.7 Å². The molecule has 0 atom stereocenters. The highest BCUT2D eigenvalue weighted by atomic mass is 19.4. The Labute approximate surface area is 100 Å². The molecule has 0 unspecified atom stereocenters. The van der Waals surface area contributed by atoms with E-state index in [4.69, 9.17) is 0 Å². The van der Waals surface area contributed by atoms with Gasteiger partial charge in [-0.3, -0.25) is 0 Å². The Morgan fingerprint density at radius 1 is 0.600 bits per heavy atom. The van der Waals surface area contributed by atoms with E-state index >= 15 is 0 Å². The molecule has 0 heterocycles. The molecule has 0 amide bonds. The largest absolute Gasteiger partial charge is 0.435 e. The van der Waals surface area contributed by atoms with E-state index in [1.165, 1.54) is 0 Å². The van der Waals surface area contributed by atoms with Gasteiger partial charge in [0.05, 0.1) is 0 Å². The van der Waals surface area contributed by atoms with Crippen LogP contribution >= 0.6 is 0 Å². The lowest BCUT2D eigenvalue weighted by atomic mass is 9.73. The second-order valence-electron chi connectivity index (χ2n) is 3.77. The van der Waals surface area contributed by atoms with Crippen LogP contribution in [0.25, 0.3) is 0 Å². The van der Waals surface area contributed by atoms with Crippen molar-refractivity contribution in [2.75, 3.05) is 0 Å². The van der Waals surface area contributed by atoms with Crippen molar-refractivity contribution in [2.24, 2.45) is 0 Å². The van der Waals surface area contributed by atoms with Crippen LogP contribution in [-0.2, 0) is 0 Å². The summed E-state index contributed by atoms with van der Waals surface area (Å²) < 4.78 is 162. The average molecular weight is 331 g/mol. The molecule has 0 N–H and O–H groups in total. The zero-order chi connectivity index (χ0) is 16.6. The zero-order valence-corrected chi connectivity index (χ0v) is 8.41. The van der Waals surface area contributed by atoms with Crippen LogP contribution in [0.3, 0.4) is 0 Å². The maximum absolute atomic E-state index is 13.0. The third-order valence-electron chi connectivity index (χ3n) is 2.60. The smallest absolute Gasteiger partial charge is 0.226 e. The summed E-state index contributed by atoms with van der Waals surface area (Å²) in [6, 6.07) is 0. The van der Waals surface area contributed by atoms with Crippen molar-refractivity contribution in [1.29, 1.82) is 0 Å². The van der Waals surface area contributed by atoms with Crippen molar-refractivity contribution >= 4 is 0 Å². The molecule has 1 aliphatic rings. The lowest BCUT2D eigenvalue weighted by Gasteiger charge is -2.50. The molecule has 13 heteroatoms. The van der Waals surface area contributed by atoms with Crippen LogP contribution in [0.15, 0.2) is 0 Å². The Morgan fingerprint density at radius 3 is 1.05 bits per heavy atom. The summed E-state index contributed by atoms with van der Waals surface area (Å²) in [4.78, 5) is 0. The zero-order valence-electron chi connectivity index (χ0n) is 8.41. The Balaban J connectivity index is 3.80. The molecule has 0 nitrogen and oxygen atoms in total. The molecule has 0 aromatic heterocycles. The predicted molar refractivity (Wildman–Crippen MR) is 34.0 cm³/mol. The molecule has 1 radical (unpaired) electrons. The van der Waals surface area contributed by atoms with Crippen molar-refractivity contribution in [2.45, 2.75) is 35.5 Å². The monoisotopic (exact) mass is 331 g/mol. The second-order valence-corrected chi connectivity index (χ2v) is 3.77. The summed E-state index contributed by atoms with van der Waals surface area (Å²) in [5.41, 5.74) is -7.67. The molecular weight excluding hydrogens is 331 g/mol. The van der Waals surface area contributed by atoms with Gasteiger partial charge in [0.25, 0.3) is 6.17 Å². The van der Waals surface area contributed by atoms with E-state index in [1.807, 2.05) is 0 Å². The first-order valence-electron chi connectivity index (χ1n) is 4.21. The minimum atomic E-state index is -7.67. The van der Waals surface area contributed by atoms with Gasteiger partial charge in [0.1, 0.15) is 0 Å². The third kappa shape index (κ3) is 1.41. The summed E-state index contributed by atoms with van der Waals surface area (Å²) >= 11 is 0. The van der Waals surface area contributed by atoms with Gasteiger partial charge >= 0.3 is 35.5 Å². The molecule has 0 saturated heterocycles. The van der Waals surface area contributed by atoms with E-state index in [1.54, 1.807) is 0 Å². The summed E-state index contributed by atoms with van der Waals surface area (Å²) in [7, 11) is 0. The van der Waals surface area contributed by atoms with Gasteiger partial charge in [-0.2, -0.15) is 48.3 Å². The van der Waals surface area contributed by atoms with Crippen LogP contribution < -0.4 is 0 Å². The minimum Gasteiger partial charge on any atom is -0.226 e. The Morgan fingerprint density at radius 2 is 0.850 bits per heavy atom. The summed E-state index contributed by atoms with van der Waals surface area (Å²) in [6.45, 7) is 0. The second kappa shape index (κ2) is 3.64. The number of rotatable bonds is 0. The highest BCUT2D eigenvalue weighted by molar-refractivity contribution is 5.32. The highest BCUT2D eigenvalue weighted by Gasteiger charge is 3.01. The van der Waals surface area contributed by atoms with Crippen LogP contribution in [0.2, 0.25) is 0 Å². The van der Waals surface area contributed by atoms with Crippen LogP contribution in [0.5, 0.6) is 0 Å².